The third-order valence-corrected chi connectivity index (χ3v) is 3.69. The number of amides is 1. The van der Waals surface area contributed by atoms with E-state index in [1.165, 1.54) is 12.1 Å². The van der Waals surface area contributed by atoms with E-state index in [9.17, 15) is 9.18 Å². The minimum Gasteiger partial charge on any atom is -0.337 e. The van der Waals surface area contributed by atoms with Crippen molar-refractivity contribution in [2.75, 3.05) is 20.1 Å². The molecule has 1 aromatic carbocycles. The number of halogens is 2. The van der Waals surface area contributed by atoms with Gasteiger partial charge < -0.3 is 10.2 Å². The highest BCUT2D eigenvalue weighted by molar-refractivity contribution is 6.33. The van der Waals surface area contributed by atoms with Crippen molar-refractivity contribution in [2.24, 2.45) is 0 Å². The van der Waals surface area contributed by atoms with Gasteiger partial charge in [0.1, 0.15) is 5.82 Å². The van der Waals surface area contributed by atoms with Crippen molar-refractivity contribution in [1.29, 1.82) is 0 Å². The first kappa shape index (κ1) is 13.3. The van der Waals surface area contributed by atoms with Crippen LogP contribution in [0.4, 0.5) is 4.39 Å². The molecule has 0 bridgehead atoms. The molecule has 0 saturated carbocycles. The molecular formula is C13H16ClFN2O. The minimum atomic E-state index is -0.387. The lowest BCUT2D eigenvalue weighted by atomic mass is 10.1. The Balaban J connectivity index is 2.25. The zero-order valence-electron chi connectivity index (χ0n) is 10.5. The molecule has 1 atom stereocenters. The molecule has 18 heavy (non-hydrogen) atoms. The molecule has 1 aromatic rings. The van der Waals surface area contributed by atoms with Crippen LogP contribution in [0.5, 0.6) is 0 Å². The number of carbonyl (C=O) groups is 1. The van der Waals surface area contributed by atoms with Gasteiger partial charge in [-0.05, 0) is 37.6 Å². The topological polar surface area (TPSA) is 32.3 Å². The maximum atomic E-state index is 13.3. The summed E-state index contributed by atoms with van der Waals surface area (Å²) in [4.78, 5) is 14.0. The summed E-state index contributed by atoms with van der Waals surface area (Å²) in [7, 11) is 1.76. The van der Waals surface area contributed by atoms with Gasteiger partial charge in [-0.3, -0.25) is 4.79 Å². The first-order chi connectivity index (χ1) is 8.50. The fraction of sp³-hybridized carbons (Fsp3) is 0.462. The standard InChI is InChI=1S/C13H16ClFN2O/c1-8-5-10(11(14)6-12(8)15)13(18)17(2)9-3-4-16-7-9/h5-6,9,16H,3-4,7H2,1-2H3. The van der Waals surface area contributed by atoms with Crippen LogP contribution < -0.4 is 5.32 Å². The van der Waals surface area contributed by atoms with E-state index in [1.807, 2.05) is 0 Å². The lowest BCUT2D eigenvalue weighted by Crippen LogP contribution is -2.38. The normalized spacial score (nSPS) is 19.0. The molecule has 0 spiro atoms. The van der Waals surface area contributed by atoms with Crippen molar-refractivity contribution >= 4 is 17.5 Å². The summed E-state index contributed by atoms with van der Waals surface area (Å²) in [5.74, 6) is -0.543. The molecule has 0 aliphatic carbocycles. The Morgan fingerprint density at radius 3 is 2.89 bits per heavy atom. The summed E-state index contributed by atoms with van der Waals surface area (Å²) in [6, 6.07) is 2.89. The minimum absolute atomic E-state index is 0.156. The van der Waals surface area contributed by atoms with Crippen molar-refractivity contribution < 1.29 is 9.18 Å². The fourth-order valence-electron chi connectivity index (χ4n) is 2.15. The fourth-order valence-corrected chi connectivity index (χ4v) is 2.38. The Labute approximate surface area is 111 Å². The van der Waals surface area contributed by atoms with Gasteiger partial charge in [0.15, 0.2) is 0 Å². The SMILES string of the molecule is Cc1cc(C(=O)N(C)C2CCNC2)c(Cl)cc1F. The number of rotatable bonds is 2. The average molecular weight is 271 g/mol. The summed E-state index contributed by atoms with van der Waals surface area (Å²) < 4.78 is 13.3. The second kappa shape index (κ2) is 5.24. The van der Waals surface area contributed by atoms with Crippen LogP contribution in [0.3, 0.4) is 0 Å². The summed E-state index contributed by atoms with van der Waals surface area (Å²) in [6.45, 7) is 3.33. The van der Waals surface area contributed by atoms with Crippen molar-refractivity contribution in [3.8, 4) is 0 Å². The van der Waals surface area contributed by atoms with Crippen LogP contribution in [0.1, 0.15) is 22.3 Å². The number of benzene rings is 1. The zero-order valence-corrected chi connectivity index (χ0v) is 11.2. The van der Waals surface area contributed by atoms with Gasteiger partial charge >= 0.3 is 0 Å². The highest BCUT2D eigenvalue weighted by Crippen LogP contribution is 2.23. The van der Waals surface area contributed by atoms with Crippen molar-refractivity contribution in [1.82, 2.24) is 10.2 Å². The van der Waals surface area contributed by atoms with Crippen molar-refractivity contribution in [3.63, 3.8) is 0 Å². The molecule has 98 valence electrons. The molecule has 1 N–H and O–H groups in total. The predicted molar refractivity (Wildman–Crippen MR) is 69.5 cm³/mol. The van der Waals surface area contributed by atoms with E-state index in [2.05, 4.69) is 5.32 Å². The number of aryl methyl sites for hydroxylation is 1. The predicted octanol–water partition coefficient (Wildman–Crippen LogP) is 2.22. The molecule has 1 heterocycles. The van der Waals surface area contributed by atoms with E-state index in [0.717, 1.165) is 19.5 Å². The number of carbonyl (C=O) groups excluding carboxylic acids is 1. The van der Waals surface area contributed by atoms with Crippen LogP contribution in [0, 0.1) is 12.7 Å². The van der Waals surface area contributed by atoms with Crippen LogP contribution in [0.15, 0.2) is 12.1 Å². The molecule has 3 nitrogen and oxygen atoms in total. The lowest BCUT2D eigenvalue weighted by Gasteiger charge is -2.24. The van der Waals surface area contributed by atoms with Crippen LogP contribution in [-0.4, -0.2) is 37.0 Å². The van der Waals surface area contributed by atoms with E-state index in [1.54, 1.807) is 18.9 Å². The monoisotopic (exact) mass is 270 g/mol. The second-order valence-corrected chi connectivity index (χ2v) is 5.05. The molecule has 1 aliphatic heterocycles. The summed E-state index contributed by atoms with van der Waals surface area (Å²) in [6.07, 6.45) is 0.931. The number of hydrogen-bond acceptors (Lipinski definition) is 2. The van der Waals surface area contributed by atoms with Crippen LogP contribution >= 0.6 is 11.6 Å². The number of hydrogen-bond donors (Lipinski definition) is 1. The first-order valence-electron chi connectivity index (χ1n) is 5.94. The molecular weight excluding hydrogens is 255 g/mol. The number of nitrogens with one attached hydrogen (secondary N) is 1. The van der Waals surface area contributed by atoms with Gasteiger partial charge in [0.05, 0.1) is 10.6 Å². The van der Waals surface area contributed by atoms with Crippen LogP contribution in [0.2, 0.25) is 5.02 Å². The molecule has 1 aliphatic rings. The molecule has 1 amide bonds. The Bertz CT molecular complexity index is 472. The molecule has 1 unspecified atom stereocenters. The molecule has 5 heteroatoms. The Morgan fingerprint density at radius 1 is 1.56 bits per heavy atom. The number of nitrogens with zero attached hydrogens (tertiary/aromatic N) is 1. The summed E-state index contributed by atoms with van der Waals surface area (Å²) in [5.41, 5.74) is 0.797. The maximum absolute atomic E-state index is 13.3. The molecule has 1 saturated heterocycles. The highest BCUT2D eigenvalue weighted by Gasteiger charge is 2.25. The first-order valence-corrected chi connectivity index (χ1v) is 6.32. The third-order valence-electron chi connectivity index (χ3n) is 3.38. The third kappa shape index (κ3) is 2.49. The van der Waals surface area contributed by atoms with Gasteiger partial charge in [0.2, 0.25) is 0 Å². The smallest absolute Gasteiger partial charge is 0.255 e. The number of likely N-dealkylation sites (N-methyl/N-ethyl adjacent to an activating group) is 1. The Hall–Kier alpha value is -1.13. The summed E-state index contributed by atoms with van der Waals surface area (Å²) >= 11 is 5.94. The van der Waals surface area contributed by atoms with Crippen molar-refractivity contribution in [3.05, 3.63) is 34.1 Å². The van der Waals surface area contributed by atoms with Gasteiger partial charge in [-0.1, -0.05) is 11.6 Å². The molecule has 0 aromatic heterocycles. The molecule has 0 radical (unpaired) electrons. The van der Waals surface area contributed by atoms with E-state index in [0.29, 0.717) is 11.1 Å². The highest BCUT2D eigenvalue weighted by atomic mass is 35.5. The molecule has 2 rings (SSSR count). The van der Waals surface area contributed by atoms with Gasteiger partial charge in [-0.15, -0.1) is 0 Å². The van der Waals surface area contributed by atoms with E-state index >= 15 is 0 Å². The van der Waals surface area contributed by atoms with Crippen LogP contribution in [-0.2, 0) is 0 Å². The quantitative estimate of drug-likeness (QED) is 0.894. The lowest BCUT2D eigenvalue weighted by molar-refractivity contribution is 0.0744. The largest absolute Gasteiger partial charge is 0.337 e. The van der Waals surface area contributed by atoms with E-state index < -0.39 is 0 Å². The van der Waals surface area contributed by atoms with E-state index in [4.69, 9.17) is 11.6 Å². The maximum Gasteiger partial charge on any atom is 0.255 e. The molecule has 1 fully saturated rings. The van der Waals surface area contributed by atoms with Crippen LogP contribution in [0.25, 0.3) is 0 Å². The second-order valence-electron chi connectivity index (χ2n) is 4.64. The van der Waals surface area contributed by atoms with Crippen molar-refractivity contribution in [2.45, 2.75) is 19.4 Å². The van der Waals surface area contributed by atoms with Gasteiger partial charge in [0.25, 0.3) is 5.91 Å². The van der Waals surface area contributed by atoms with Gasteiger partial charge in [-0.2, -0.15) is 0 Å². The zero-order chi connectivity index (χ0) is 13.3. The van der Waals surface area contributed by atoms with Gasteiger partial charge in [0, 0.05) is 19.6 Å². The van der Waals surface area contributed by atoms with E-state index in [-0.39, 0.29) is 22.8 Å². The Morgan fingerprint density at radius 2 is 2.28 bits per heavy atom. The van der Waals surface area contributed by atoms with Gasteiger partial charge in [-0.25, -0.2) is 4.39 Å². The average Bonchev–Trinajstić information content (AvgIpc) is 2.85. The Kier molecular flexibility index (Phi) is 3.88. The summed E-state index contributed by atoms with van der Waals surface area (Å²) in [5, 5.41) is 3.38.